The van der Waals surface area contributed by atoms with Crippen LogP contribution >= 0.6 is 11.3 Å². The first-order valence-corrected chi connectivity index (χ1v) is 9.21. The first kappa shape index (κ1) is 16.7. The molecule has 1 saturated heterocycles. The van der Waals surface area contributed by atoms with Crippen LogP contribution < -0.4 is 15.5 Å². The number of rotatable bonds is 4. The summed E-state index contributed by atoms with van der Waals surface area (Å²) in [5.41, 5.74) is 2.00. The van der Waals surface area contributed by atoms with E-state index in [0.717, 1.165) is 36.2 Å². The van der Waals surface area contributed by atoms with Crippen LogP contribution in [0.4, 0.5) is 20.7 Å². The molecule has 1 aromatic carbocycles. The number of piperidine rings is 1. The molecule has 1 aliphatic heterocycles. The highest BCUT2D eigenvalue weighted by molar-refractivity contribution is 7.19. The number of amides is 2. The fourth-order valence-electron chi connectivity index (χ4n) is 2.68. The fraction of sp³-hybridized carbons (Fsp3) is 0.471. The van der Waals surface area contributed by atoms with E-state index in [1.807, 2.05) is 24.3 Å². The predicted octanol–water partition coefficient (Wildman–Crippen LogP) is 3.98. The summed E-state index contributed by atoms with van der Waals surface area (Å²) in [6, 6.07) is 7.53. The van der Waals surface area contributed by atoms with Crippen LogP contribution in [0.15, 0.2) is 24.3 Å². The zero-order valence-electron chi connectivity index (χ0n) is 14.1. The van der Waals surface area contributed by atoms with Crippen molar-refractivity contribution in [2.45, 2.75) is 33.1 Å². The molecule has 1 aromatic heterocycles. The standard InChI is InChI=1S/C17H23N5OS/c1-3-13-4-6-14(7-5-13)18-15(23)19-16-20-21-17(24-16)22-10-8-12(2)9-11-22/h4-7,12H,3,8-11H2,1-2H3,(H2,18,19,20,23). The van der Waals surface area contributed by atoms with E-state index >= 15 is 0 Å². The van der Waals surface area contributed by atoms with Gasteiger partial charge < -0.3 is 10.2 Å². The Kier molecular flexibility index (Phi) is 5.30. The number of aryl methyl sites for hydroxylation is 1. The van der Waals surface area contributed by atoms with Crippen LogP contribution in [-0.4, -0.2) is 29.3 Å². The molecule has 128 valence electrons. The third kappa shape index (κ3) is 4.23. The van der Waals surface area contributed by atoms with Crippen molar-refractivity contribution in [2.75, 3.05) is 28.6 Å². The van der Waals surface area contributed by atoms with Gasteiger partial charge in [0, 0.05) is 18.8 Å². The molecule has 0 unspecified atom stereocenters. The lowest BCUT2D eigenvalue weighted by Crippen LogP contribution is -2.32. The van der Waals surface area contributed by atoms with E-state index in [-0.39, 0.29) is 6.03 Å². The number of anilines is 3. The molecular weight excluding hydrogens is 322 g/mol. The van der Waals surface area contributed by atoms with E-state index in [4.69, 9.17) is 0 Å². The number of hydrogen-bond donors (Lipinski definition) is 2. The van der Waals surface area contributed by atoms with Crippen molar-refractivity contribution >= 4 is 33.3 Å². The lowest BCUT2D eigenvalue weighted by Gasteiger charge is -2.29. The maximum absolute atomic E-state index is 12.1. The molecule has 0 atom stereocenters. The van der Waals surface area contributed by atoms with Crippen molar-refractivity contribution in [3.8, 4) is 0 Å². The van der Waals surface area contributed by atoms with Crippen LogP contribution in [0.25, 0.3) is 0 Å². The molecule has 6 nitrogen and oxygen atoms in total. The summed E-state index contributed by atoms with van der Waals surface area (Å²) < 4.78 is 0. The minimum Gasteiger partial charge on any atom is -0.347 e. The number of urea groups is 1. The molecule has 1 aliphatic rings. The molecule has 0 radical (unpaired) electrons. The predicted molar refractivity (Wildman–Crippen MR) is 99.0 cm³/mol. The van der Waals surface area contributed by atoms with Gasteiger partial charge in [-0.2, -0.15) is 0 Å². The number of aromatic nitrogens is 2. The van der Waals surface area contributed by atoms with Crippen molar-refractivity contribution in [3.63, 3.8) is 0 Å². The highest BCUT2D eigenvalue weighted by Crippen LogP contribution is 2.28. The first-order valence-electron chi connectivity index (χ1n) is 8.39. The molecule has 2 amide bonds. The minimum atomic E-state index is -0.297. The molecule has 0 bridgehead atoms. The van der Waals surface area contributed by atoms with Crippen molar-refractivity contribution in [3.05, 3.63) is 29.8 Å². The van der Waals surface area contributed by atoms with Crippen LogP contribution in [0.2, 0.25) is 0 Å². The minimum absolute atomic E-state index is 0.297. The number of carbonyl (C=O) groups is 1. The van der Waals surface area contributed by atoms with E-state index in [9.17, 15) is 4.79 Å². The Balaban J connectivity index is 1.54. The summed E-state index contributed by atoms with van der Waals surface area (Å²) in [6.45, 7) is 6.39. The van der Waals surface area contributed by atoms with Gasteiger partial charge in [-0.05, 0) is 42.9 Å². The molecule has 0 aliphatic carbocycles. The quantitative estimate of drug-likeness (QED) is 0.879. The third-order valence-corrected chi connectivity index (χ3v) is 5.21. The van der Waals surface area contributed by atoms with E-state index in [1.165, 1.54) is 29.7 Å². The van der Waals surface area contributed by atoms with Crippen LogP contribution in [0.3, 0.4) is 0 Å². The molecule has 2 heterocycles. The Morgan fingerprint density at radius 2 is 1.92 bits per heavy atom. The van der Waals surface area contributed by atoms with Gasteiger partial charge in [-0.1, -0.05) is 37.3 Å². The lowest BCUT2D eigenvalue weighted by molar-refractivity contribution is 0.262. The summed E-state index contributed by atoms with van der Waals surface area (Å²) in [5.74, 6) is 0.775. The van der Waals surface area contributed by atoms with Crippen LogP contribution in [0.1, 0.15) is 32.3 Å². The maximum Gasteiger partial charge on any atom is 0.325 e. The summed E-state index contributed by atoms with van der Waals surface area (Å²) in [5, 5.41) is 15.2. The van der Waals surface area contributed by atoms with Gasteiger partial charge in [-0.3, -0.25) is 5.32 Å². The number of carbonyl (C=O) groups excluding carboxylic acids is 1. The Hall–Kier alpha value is -2.15. The number of nitrogens with zero attached hydrogens (tertiary/aromatic N) is 3. The molecule has 2 N–H and O–H groups in total. The summed E-state index contributed by atoms with van der Waals surface area (Å²) in [7, 11) is 0. The van der Waals surface area contributed by atoms with E-state index in [2.05, 4.69) is 39.6 Å². The Morgan fingerprint density at radius 3 is 2.58 bits per heavy atom. The third-order valence-electron chi connectivity index (χ3n) is 4.31. The second-order valence-corrected chi connectivity index (χ2v) is 7.14. The van der Waals surface area contributed by atoms with Gasteiger partial charge >= 0.3 is 6.03 Å². The topological polar surface area (TPSA) is 70.1 Å². The normalized spacial score (nSPS) is 15.3. The van der Waals surface area contributed by atoms with Gasteiger partial charge in [0.15, 0.2) is 0 Å². The van der Waals surface area contributed by atoms with Crippen molar-refractivity contribution < 1.29 is 4.79 Å². The fourth-order valence-corrected chi connectivity index (χ4v) is 3.47. The highest BCUT2D eigenvalue weighted by atomic mass is 32.1. The van der Waals surface area contributed by atoms with Gasteiger partial charge in [0.1, 0.15) is 0 Å². The second-order valence-electron chi connectivity index (χ2n) is 6.19. The largest absolute Gasteiger partial charge is 0.347 e. The van der Waals surface area contributed by atoms with Gasteiger partial charge in [-0.15, -0.1) is 10.2 Å². The Morgan fingerprint density at radius 1 is 1.21 bits per heavy atom. The van der Waals surface area contributed by atoms with Gasteiger partial charge in [0.05, 0.1) is 0 Å². The van der Waals surface area contributed by atoms with Gasteiger partial charge in [-0.25, -0.2) is 4.79 Å². The molecule has 2 aromatic rings. The van der Waals surface area contributed by atoms with Crippen LogP contribution in [0.5, 0.6) is 0 Å². The molecule has 0 saturated carbocycles. The summed E-state index contributed by atoms with van der Waals surface area (Å²) in [6.07, 6.45) is 3.34. The molecular formula is C17H23N5OS. The van der Waals surface area contributed by atoms with Gasteiger partial charge in [0.25, 0.3) is 0 Å². The zero-order valence-corrected chi connectivity index (χ0v) is 14.9. The molecule has 7 heteroatoms. The zero-order chi connectivity index (χ0) is 16.9. The van der Waals surface area contributed by atoms with Crippen LogP contribution in [-0.2, 0) is 6.42 Å². The van der Waals surface area contributed by atoms with Gasteiger partial charge in [0.2, 0.25) is 10.3 Å². The average Bonchev–Trinajstić information content (AvgIpc) is 3.04. The average molecular weight is 345 g/mol. The van der Waals surface area contributed by atoms with Crippen LogP contribution in [0, 0.1) is 5.92 Å². The number of nitrogens with one attached hydrogen (secondary N) is 2. The molecule has 0 spiro atoms. The van der Waals surface area contributed by atoms with E-state index in [0.29, 0.717) is 5.13 Å². The Labute approximate surface area is 146 Å². The molecule has 1 fully saturated rings. The van der Waals surface area contributed by atoms with E-state index in [1.54, 1.807) is 0 Å². The van der Waals surface area contributed by atoms with E-state index < -0.39 is 0 Å². The van der Waals surface area contributed by atoms with Crippen molar-refractivity contribution in [1.29, 1.82) is 0 Å². The summed E-state index contributed by atoms with van der Waals surface area (Å²) >= 11 is 1.42. The maximum atomic E-state index is 12.1. The van der Waals surface area contributed by atoms with Crippen molar-refractivity contribution in [1.82, 2.24) is 10.2 Å². The smallest absolute Gasteiger partial charge is 0.325 e. The molecule has 3 rings (SSSR count). The number of hydrogen-bond acceptors (Lipinski definition) is 5. The van der Waals surface area contributed by atoms with Crippen molar-refractivity contribution in [2.24, 2.45) is 5.92 Å². The highest BCUT2D eigenvalue weighted by Gasteiger charge is 2.19. The number of benzene rings is 1. The summed E-state index contributed by atoms with van der Waals surface area (Å²) in [4.78, 5) is 14.3. The monoisotopic (exact) mass is 345 g/mol. The first-order chi connectivity index (χ1) is 11.6. The second kappa shape index (κ2) is 7.61. The molecule has 24 heavy (non-hydrogen) atoms. The SMILES string of the molecule is CCc1ccc(NC(=O)Nc2nnc(N3CCC(C)CC3)s2)cc1. The Bertz CT molecular complexity index is 677. The lowest BCUT2D eigenvalue weighted by atomic mass is 10.00.